The Hall–Kier alpha value is -1.07. The maximum absolute atomic E-state index is 12.8. The van der Waals surface area contributed by atoms with E-state index in [0.29, 0.717) is 6.42 Å². The van der Waals surface area contributed by atoms with Gasteiger partial charge in [0.1, 0.15) is 0 Å². The summed E-state index contributed by atoms with van der Waals surface area (Å²) in [7, 11) is -3.52. The van der Waals surface area contributed by atoms with Crippen LogP contribution in [0.15, 0.2) is 23.1 Å². The zero-order valence-electron chi connectivity index (χ0n) is 11.9. The summed E-state index contributed by atoms with van der Waals surface area (Å²) in [5.74, 6) is -1.07. The van der Waals surface area contributed by atoms with Gasteiger partial charge in [0.25, 0.3) is 0 Å². The summed E-state index contributed by atoms with van der Waals surface area (Å²) in [4.78, 5) is 11.2. The lowest BCUT2D eigenvalue weighted by atomic mass is 9.87. The summed E-state index contributed by atoms with van der Waals surface area (Å²) in [6.07, 6.45) is 4.35. The second kappa shape index (κ2) is 6.36. The molecule has 0 aromatic heterocycles. The summed E-state index contributed by atoms with van der Waals surface area (Å²) in [6.45, 7) is 2.00. The van der Waals surface area contributed by atoms with Crippen LogP contribution in [0, 0.1) is 5.92 Å². The molecule has 0 spiro atoms. The van der Waals surface area contributed by atoms with Gasteiger partial charge >= 0.3 is 5.97 Å². The molecule has 0 amide bonds. The minimum Gasteiger partial charge on any atom is -0.478 e. The number of hydrogen-bond acceptors (Lipinski definition) is 3. The maximum atomic E-state index is 12.8. The van der Waals surface area contributed by atoms with E-state index in [-0.39, 0.29) is 21.4 Å². The lowest BCUT2D eigenvalue weighted by Crippen LogP contribution is -2.32. The molecule has 1 saturated carbocycles. The fraction of sp³-hybridized carbons (Fsp3) is 0.533. The lowest BCUT2D eigenvalue weighted by molar-refractivity contribution is 0.0697. The molecule has 1 aliphatic carbocycles. The van der Waals surface area contributed by atoms with Gasteiger partial charge < -0.3 is 5.11 Å². The molecule has 0 saturated heterocycles. The van der Waals surface area contributed by atoms with E-state index in [9.17, 15) is 13.2 Å². The Morgan fingerprint density at radius 3 is 2.62 bits per heavy atom. The van der Waals surface area contributed by atoms with Gasteiger partial charge in [0.05, 0.1) is 20.7 Å². The van der Waals surface area contributed by atoms with E-state index in [1.54, 1.807) is 0 Å². The van der Waals surface area contributed by atoms with E-state index in [1.165, 1.54) is 18.2 Å². The number of sulfone groups is 1. The van der Waals surface area contributed by atoms with Crippen LogP contribution in [-0.4, -0.2) is 24.7 Å². The smallest absolute Gasteiger partial charge is 0.337 e. The first-order valence-corrected chi connectivity index (χ1v) is 9.07. The van der Waals surface area contributed by atoms with Crippen LogP contribution < -0.4 is 0 Å². The van der Waals surface area contributed by atoms with Crippen molar-refractivity contribution in [3.63, 3.8) is 0 Å². The zero-order valence-corrected chi connectivity index (χ0v) is 13.5. The molecule has 1 fully saturated rings. The van der Waals surface area contributed by atoms with E-state index >= 15 is 0 Å². The number of carboxylic acids is 1. The maximum Gasteiger partial charge on any atom is 0.337 e. The predicted octanol–water partition coefficient (Wildman–Crippen LogP) is 3.78. The van der Waals surface area contributed by atoms with Crippen LogP contribution in [0.3, 0.4) is 0 Å². The van der Waals surface area contributed by atoms with Gasteiger partial charge in [-0.15, -0.1) is 0 Å². The van der Waals surface area contributed by atoms with E-state index in [4.69, 9.17) is 16.7 Å². The average Bonchev–Trinajstić information content (AvgIpc) is 2.47. The van der Waals surface area contributed by atoms with Gasteiger partial charge in [0.2, 0.25) is 0 Å². The van der Waals surface area contributed by atoms with Crippen LogP contribution in [0.4, 0.5) is 0 Å². The third-order valence-electron chi connectivity index (χ3n) is 4.26. The van der Waals surface area contributed by atoms with Crippen molar-refractivity contribution in [3.05, 3.63) is 28.8 Å². The molecule has 21 heavy (non-hydrogen) atoms. The molecule has 0 radical (unpaired) electrons. The predicted molar refractivity (Wildman–Crippen MR) is 81.6 cm³/mol. The Balaban J connectivity index is 2.43. The fourth-order valence-electron chi connectivity index (χ4n) is 3.07. The molecule has 0 bridgehead atoms. The fourth-order valence-corrected chi connectivity index (χ4v) is 5.47. The number of halogens is 1. The second-order valence-corrected chi connectivity index (χ2v) is 8.06. The molecular weight excluding hydrogens is 312 g/mol. The van der Waals surface area contributed by atoms with Crippen molar-refractivity contribution in [1.29, 1.82) is 0 Å². The van der Waals surface area contributed by atoms with E-state index in [0.717, 1.165) is 25.7 Å². The molecule has 1 aromatic rings. The Labute approximate surface area is 130 Å². The highest BCUT2D eigenvalue weighted by molar-refractivity contribution is 7.92. The van der Waals surface area contributed by atoms with Crippen molar-refractivity contribution in [1.82, 2.24) is 0 Å². The van der Waals surface area contributed by atoms with Crippen LogP contribution in [-0.2, 0) is 9.84 Å². The molecule has 2 unspecified atom stereocenters. The normalized spacial score (nSPS) is 23.0. The minimum atomic E-state index is -3.52. The van der Waals surface area contributed by atoms with Crippen molar-refractivity contribution in [2.24, 2.45) is 5.92 Å². The zero-order chi connectivity index (χ0) is 15.6. The van der Waals surface area contributed by atoms with Crippen LogP contribution in [0.5, 0.6) is 0 Å². The first-order valence-electron chi connectivity index (χ1n) is 7.14. The van der Waals surface area contributed by atoms with Crippen LogP contribution in [0.25, 0.3) is 0 Å². The standard InChI is InChI=1S/C15H19ClO4S/c1-2-10-5-3-4-6-14(10)21(19,20)11-7-8-13(16)12(9-11)15(17)18/h7-10,14H,2-6H2,1H3,(H,17,18). The molecule has 2 rings (SSSR count). The molecular formula is C15H19ClO4S. The topological polar surface area (TPSA) is 71.4 Å². The summed E-state index contributed by atoms with van der Waals surface area (Å²) in [5.41, 5.74) is -0.165. The monoisotopic (exact) mass is 330 g/mol. The highest BCUT2D eigenvalue weighted by Crippen LogP contribution is 2.35. The number of hydrogen-bond donors (Lipinski definition) is 1. The van der Waals surface area contributed by atoms with Crippen molar-refractivity contribution in [2.45, 2.75) is 49.2 Å². The third-order valence-corrected chi connectivity index (χ3v) is 6.92. The largest absolute Gasteiger partial charge is 0.478 e. The van der Waals surface area contributed by atoms with Gasteiger partial charge in [0, 0.05) is 0 Å². The Bertz CT molecular complexity index is 639. The molecule has 0 aliphatic heterocycles. The number of carbonyl (C=O) groups is 1. The van der Waals surface area contributed by atoms with Crippen LogP contribution >= 0.6 is 11.6 Å². The van der Waals surface area contributed by atoms with Crippen molar-refractivity contribution in [2.75, 3.05) is 0 Å². The van der Waals surface area contributed by atoms with Gasteiger partial charge in [-0.3, -0.25) is 0 Å². The first-order chi connectivity index (χ1) is 9.87. The Morgan fingerprint density at radius 2 is 2.00 bits per heavy atom. The van der Waals surface area contributed by atoms with E-state index in [1.807, 2.05) is 6.92 Å². The van der Waals surface area contributed by atoms with Gasteiger partial charge in [-0.2, -0.15) is 0 Å². The molecule has 1 aromatic carbocycles. The molecule has 6 heteroatoms. The Morgan fingerprint density at radius 1 is 1.33 bits per heavy atom. The van der Waals surface area contributed by atoms with Crippen LogP contribution in [0.1, 0.15) is 49.4 Å². The van der Waals surface area contributed by atoms with Gasteiger partial charge in [-0.25, -0.2) is 13.2 Å². The van der Waals surface area contributed by atoms with E-state index in [2.05, 4.69) is 0 Å². The molecule has 1 N–H and O–H groups in total. The number of aromatic carboxylic acids is 1. The van der Waals surface area contributed by atoms with Gasteiger partial charge in [-0.1, -0.05) is 37.8 Å². The molecule has 0 heterocycles. The highest BCUT2D eigenvalue weighted by Gasteiger charge is 2.35. The number of benzene rings is 1. The van der Waals surface area contributed by atoms with Gasteiger partial charge in [0.15, 0.2) is 9.84 Å². The van der Waals surface area contributed by atoms with Crippen molar-refractivity contribution < 1.29 is 18.3 Å². The summed E-state index contributed by atoms with van der Waals surface area (Å²) >= 11 is 5.81. The summed E-state index contributed by atoms with van der Waals surface area (Å²) in [6, 6.07) is 3.94. The number of carboxylic acid groups (broad SMARTS) is 1. The first kappa shape index (κ1) is 16.3. The quantitative estimate of drug-likeness (QED) is 0.911. The van der Waals surface area contributed by atoms with Gasteiger partial charge in [-0.05, 0) is 37.0 Å². The van der Waals surface area contributed by atoms with E-state index < -0.39 is 21.1 Å². The summed E-state index contributed by atoms with van der Waals surface area (Å²) < 4.78 is 25.6. The SMILES string of the molecule is CCC1CCCCC1S(=O)(=O)c1ccc(Cl)c(C(=O)O)c1. The summed E-state index contributed by atoms with van der Waals surface area (Å²) in [5, 5.41) is 8.72. The third kappa shape index (κ3) is 3.24. The number of rotatable bonds is 4. The average molecular weight is 331 g/mol. The molecule has 1 aliphatic rings. The highest BCUT2D eigenvalue weighted by atomic mass is 35.5. The van der Waals surface area contributed by atoms with Crippen molar-refractivity contribution >= 4 is 27.4 Å². The minimum absolute atomic E-state index is 0.0529. The van der Waals surface area contributed by atoms with Crippen LogP contribution in [0.2, 0.25) is 5.02 Å². The molecule has 116 valence electrons. The lowest BCUT2D eigenvalue weighted by Gasteiger charge is -2.30. The molecule has 2 atom stereocenters. The Kier molecular flexibility index (Phi) is 4.94. The molecule has 4 nitrogen and oxygen atoms in total. The van der Waals surface area contributed by atoms with Crippen molar-refractivity contribution in [3.8, 4) is 0 Å². The second-order valence-electron chi connectivity index (χ2n) is 5.48.